The summed E-state index contributed by atoms with van der Waals surface area (Å²) in [5, 5.41) is 0. The van der Waals surface area contributed by atoms with E-state index in [1.165, 1.54) is 153 Å². The monoisotopic (exact) mass is 802 g/mol. The zero-order chi connectivity index (χ0) is 40.8. The predicted octanol–water partition coefficient (Wildman–Crippen LogP) is 16.2. The van der Waals surface area contributed by atoms with E-state index in [2.05, 4.69) is 57.9 Å². The Labute approximate surface area is 325 Å². The number of carbonyl (C=O) groups is 1. The average molecular weight is 802 g/mol. The SMILES string of the molecule is C=C(OCCCCCCCCCCCCCCC)C(C[n+]1c(C)cc(C)cc1C)C(=O)OCCCCCCCCCCCCCCC.F[P-](F)(F)(F)(F)F. The molecule has 0 radical (unpaired) electrons. The second-order valence-electron chi connectivity index (χ2n) is 15.4. The summed E-state index contributed by atoms with van der Waals surface area (Å²) in [5.41, 5.74) is 3.51. The maximum atomic E-state index is 13.4. The molecule has 0 bridgehead atoms. The Hall–Kier alpha value is -1.83. The Morgan fingerprint density at radius 2 is 0.833 bits per heavy atom. The first-order valence-electron chi connectivity index (χ1n) is 21.4. The van der Waals surface area contributed by atoms with Crippen LogP contribution in [0.2, 0.25) is 0 Å². The van der Waals surface area contributed by atoms with Crippen LogP contribution in [-0.2, 0) is 20.8 Å². The zero-order valence-electron chi connectivity index (χ0n) is 34.8. The molecule has 0 saturated carbocycles. The van der Waals surface area contributed by atoms with E-state index in [4.69, 9.17) is 9.47 Å². The predicted molar refractivity (Wildman–Crippen MR) is 215 cm³/mol. The summed E-state index contributed by atoms with van der Waals surface area (Å²) >= 11 is 0. The second-order valence-corrected chi connectivity index (χ2v) is 17.3. The van der Waals surface area contributed by atoms with Crippen molar-refractivity contribution >= 4 is 13.8 Å². The average Bonchev–Trinajstić information content (AvgIpc) is 3.06. The number of aryl methyl sites for hydroxylation is 3. The van der Waals surface area contributed by atoms with Gasteiger partial charge in [0.15, 0.2) is 23.9 Å². The summed E-state index contributed by atoms with van der Waals surface area (Å²) in [4.78, 5) is 13.4. The molecule has 1 rings (SSSR count). The van der Waals surface area contributed by atoms with Gasteiger partial charge in [-0.1, -0.05) is 175 Å². The number of esters is 1. The van der Waals surface area contributed by atoms with Crippen molar-refractivity contribution in [2.45, 2.75) is 208 Å². The first kappa shape index (κ1) is 52.2. The molecule has 0 aliphatic heterocycles. The molecule has 0 fully saturated rings. The van der Waals surface area contributed by atoms with Crippen LogP contribution in [0, 0.1) is 26.7 Å². The quantitative estimate of drug-likeness (QED) is 0.0177. The van der Waals surface area contributed by atoms with Crippen molar-refractivity contribution in [1.29, 1.82) is 0 Å². The van der Waals surface area contributed by atoms with Crippen molar-refractivity contribution in [2.24, 2.45) is 5.92 Å². The molecule has 0 aromatic carbocycles. The van der Waals surface area contributed by atoms with Crippen molar-refractivity contribution in [3.05, 3.63) is 41.4 Å². The topological polar surface area (TPSA) is 39.4 Å². The fourth-order valence-electron chi connectivity index (χ4n) is 6.73. The number of hydrogen-bond acceptors (Lipinski definition) is 3. The van der Waals surface area contributed by atoms with Crippen LogP contribution in [0.4, 0.5) is 25.2 Å². The van der Waals surface area contributed by atoms with Crippen LogP contribution in [0.25, 0.3) is 0 Å². The van der Waals surface area contributed by atoms with Gasteiger partial charge in [-0.2, -0.15) is 4.57 Å². The summed E-state index contributed by atoms with van der Waals surface area (Å²) in [6.45, 7) is 16.7. The van der Waals surface area contributed by atoms with Gasteiger partial charge < -0.3 is 9.47 Å². The molecule has 0 saturated heterocycles. The Kier molecular flexibility index (Phi) is 27.6. The number of nitrogens with zero attached hydrogens (tertiary/aromatic N) is 1. The van der Waals surface area contributed by atoms with Gasteiger partial charge >= 0.3 is 39.0 Å². The maximum absolute atomic E-state index is 13.4. The molecule has 1 unspecified atom stereocenters. The number of hydrogen-bond donors (Lipinski definition) is 0. The third-order valence-corrected chi connectivity index (χ3v) is 9.79. The Balaban J connectivity index is 0.00000363. The molecule has 54 heavy (non-hydrogen) atoms. The van der Waals surface area contributed by atoms with E-state index in [0.717, 1.165) is 30.7 Å². The normalized spacial score (nSPS) is 13.4. The Morgan fingerprint density at radius 1 is 0.556 bits per heavy atom. The van der Waals surface area contributed by atoms with Gasteiger partial charge in [0.1, 0.15) is 5.76 Å². The summed E-state index contributed by atoms with van der Waals surface area (Å²) in [5.74, 6) is -0.151. The van der Waals surface area contributed by atoms with E-state index in [1.54, 1.807) is 0 Å². The molecule has 0 N–H and O–H groups in total. The number of rotatable bonds is 33. The number of ether oxygens (including phenoxy) is 2. The molecular weight excluding hydrogens is 723 g/mol. The Morgan fingerprint density at radius 3 is 1.15 bits per heavy atom. The fraction of sp³-hybridized carbons (Fsp3) is 0.814. The van der Waals surface area contributed by atoms with E-state index in [1.807, 2.05) is 0 Å². The summed E-state index contributed by atoms with van der Waals surface area (Å²) < 4.78 is 73.3. The van der Waals surface area contributed by atoms with Crippen LogP contribution in [0.5, 0.6) is 0 Å². The van der Waals surface area contributed by atoms with Crippen LogP contribution in [0.1, 0.15) is 198 Å². The third kappa shape index (κ3) is 35.8. The van der Waals surface area contributed by atoms with Crippen molar-refractivity contribution in [3.63, 3.8) is 0 Å². The number of aromatic nitrogens is 1. The van der Waals surface area contributed by atoms with Crippen molar-refractivity contribution in [1.82, 2.24) is 0 Å². The molecule has 1 aromatic rings. The molecule has 1 aromatic heterocycles. The van der Waals surface area contributed by atoms with E-state index >= 15 is 0 Å². The van der Waals surface area contributed by atoms with Crippen LogP contribution >= 0.6 is 7.81 Å². The Bertz CT molecular complexity index is 1050. The van der Waals surface area contributed by atoms with Crippen LogP contribution in [0.15, 0.2) is 24.5 Å². The van der Waals surface area contributed by atoms with Crippen LogP contribution in [-0.4, -0.2) is 19.2 Å². The molecule has 0 amide bonds. The molecule has 4 nitrogen and oxygen atoms in total. The van der Waals surface area contributed by atoms with Crippen molar-refractivity contribution in [2.75, 3.05) is 13.2 Å². The van der Waals surface area contributed by atoms with Crippen molar-refractivity contribution in [3.8, 4) is 0 Å². The third-order valence-electron chi connectivity index (χ3n) is 9.79. The van der Waals surface area contributed by atoms with Gasteiger partial charge in [-0.3, -0.25) is 4.79 Å². The van der Waals surface area contributed by atoms with Gasteiger partial charge in [-0.15, -0.1) is 0 Å². The number of pyridine rings is 1. The first-order valence-corrected chi connectivity index (χ1v) is 23.4. The number of unbranched alkanes of at least 4 members (excludes halogenated alkanes) is 24. The van der Waals surface area contributed by atoms with E-state index in [-0.39, 0.29) is 5.97 Å². The summed E-state index contributed by atoms with van der Waals surface area (Å²) in [6, 6.07) is 4.33. The zero-order valence-corrected chi connectivity index (χ0v) is 35.7. The minimum atomic E-state index is -10.7. The molecule has 1 atom stereocenters. The molecular formula is C43H78F6NO3P. The molecule has 320 valence electrons. The van der Waals surface area contributed by atoms with Crippen molar-refractivity contribution < 1.29 is 44.0 Å². The van der Waals surface area contributed by atoms with Gasteiger partial charge in [0.05, 0.1) is 13.2 Å². The molecule has 0 aliphatic carbocycles. The standard InChI is InChI=1S/C43H78NO3.F6P/c1-7-9-11-13-15-17-19-21-23-25-27-29-31-33-46-41(6)42(37-44-39(4)35-38(3)36-40(44)5)43(45)47-34-32-30-28-26-24-22-20-18-16-14-12-10-8-2;1-7(2,3,4,5)6/h35-36,42H,6-34,37H2,1-5H3;/q+1;-1. The van der Waals surface area contributed by atoms with Gasteiger partial charge in [0.25, 0.3) is 0 Å². The van der Waals surface area contributed by atoms with Gasteiger partial charge in [0, 0.05) is 26.0 Å². The summed E-state index contributed by atoms with van der Waals surface area (Å²) in [7, 11) is -10.7. The van der Waals surface area contributed by atoms with Crippen LogP contribution in [0.3, 0.4) is 0 Å². The first-order chi connectivity index (χ1) is 25.3. The van der Waals surface area contributed by atoms with Gasteiger partial charge in [-0.05, 0) is 25.3 Å². The summed E-state index contributed by atoms with van der Waals surface area (Å²) in [6.07, 6.45) is 34.2. The van der Waals surface area contributed by atoms with Gasteiger partial charge in [0.2, 0.25) is 0 Å². The van der Waals surface area contributed by atoms with Gasteiger partial charge in [-0.25, -0.2) is 0 Å². The number of carbonyl (C=O) groups excluding carboxylic acids is 1. The van der Waals surface area contributed by atoms with E-state index in [0.29, 0.717) is 25.5 Å². The minimum absolute atomic E-state index is 0.203. The number of halogens is 6. The fourth-order valence-corrected chi connectivity index (χ4v) is 6.73. The van der Waals surface area contributed by atoms with E-state index < -0.39 is 13.7 Å². The van der Waals surface area contributed by atoms with Crippen LogP contribution < -0.4 is 4.57 Å². The molecule has 11 heteroatoms. The molecule has 0 aliphatic rings. The van der Waals surface area contributed by atoms with E-state index in [9.17, 15) is 30.0 Å². The second kappa shape index (κ2) is 28.5. The molecule has 0 spiro atoms. The molecule has 1 heterocycles.